The zero-order valence-corrected chi connectivity index (χ0v) is 15.1. The summed E-state index contributed by atoms with van der Waals surface area (Å²) in [7, 11) is 0. The zero-order chi connectivity index (χ0) is 19.5. The smallest absolute Gasteiger partial charge is 0.339 e. The average molecular weight is 377 g/mol. The SMILES string of the molecule is O=C(COc1cc2ccccc2cc1C(=O)O)NC1CCOc2ccccc21. The molecule has 0 aliphatic carbocycles. The maximum absolute atomic E-state index is 12.4. The Labute approximate surface area is 161 Å². The Morgan fingerprint density at radius 3 is 2.57 bits per heavy atom. The zero-order valence-electron chi connectivity index (χ0n) is 15.1. The summed E-state index contributed by atoms with van der Waals surface area (Å²) in [6.45, 7) is 0.259. The number of rotatable bonds is 5. The van der Waals surface area contributed by atoms with E-state index in [1.165, 1.54) is 0 Å². The van der Waals surface area contributed by atoms with Crippen molar-refractivity contribution >= 4 is 22.6 Å². The van der Waals surface area contributed by atoms with Crippen LogP contribution in [0.5, 0.6) is 11.5 Å². The maximum Gasteiger partial charge on any atom is 0.339 e. The number of ether oxygens (including phenoxy) is 2. The summed E-state index contributed by atoms with van der Waals surface area (Å²) >= 11 is 0. The molecule has 28 heavy (non-hydrogen) atoms. The molecule has 1 atom stereocenters. The number of carboxylic acids is 1. The van der Waals surface area contributed by atoms with Crippen LogP contribution in [0, 0.1) is 0 Å². The van der Waals surface area contributed by atoms with Crippen molar-refractivity contribution in [2.75, 3.05) is 13.2 Å². The Hall–Kier alpha value is -3.54. The van der Waals surface area contributed by atoms with Crippen LogP contribution in [0.4, 0.5) is 0 Å². The summed E-state index contributed by atoms with van der Waals surface area (Å²) in [5.41, 5.74) is 0.960. The summed E-state index contributed by atoms with van der Waals surface area (Å²) in [5, 5.41) is 14.1. The van der Waals surface area contributed by atoms with E-state index in [-0.39, 0.29) is 29.9 Å². The van der Waals surface area contributed by atoms with Gasteiger partial charge in [0.2, 0.25) is 0 Å². The van der Waals surface area contributed by atoms with Crippen molar-refractivity contribution in [3.63, 3.8) is 0 Å². The Morgan fingerprint density at radius 2 is 1.79 bits per heavy atom. The van der Waals surface area contributed by atoms with Gasteiger partial charge >= 0.3 is 5.97 Å². The standard InChI is InChI=1S/C22H19NO5/c24-21(23-18-9-10-27-19-8-4-3-7-16(18)19)13-28-20-12-15-6-2-1-5-14(15)11-17(20)22(25)26/h1-8,11-12,18H,9-10,13H2,(H,23,24)(H,25,26). The molecule has 142 valence electrons. The van der Waals surface area contributed by atoms with Crippen LogP contribution in [0.2, 0.25) is 0 Å². The van der Waals surface area contributed by atoms with Crippen molar-refractivity contribution < 1.29 is 24.2 Å². The molecule has 0 spiro atoms. The largest absolute Gasteiger partial charge is 0.493 e. The summed E-state index contributed by atoms with van der Waals surface area (Å²) < 4.78 is 11.2. The molecule has 1 amide bonds. The second-order valence-corrected chi connectivity index (χ2v) is 6.58. The fourth-order valence-corrected chi connectivity index (χ4v) is 3.38. The van der Waals surface area contributed by atoms with Crippen LogP contribution in [0.25, 0.3) is 10.8 Å². The van der Waals surface area contributed by atoms with Gasteiger partial charge in [-0.15, -0.1) is 0 Å². The molecule has 1 heterocycles. The number of fused-ring (bicyclic) bond motifs is 2. The molecule has 0 radical (unpaired) electrons. The van der Waals surface area contributed by atoms with Gasteiger partial charge < -0.3 is 19.9 Å². The normalized spacial score (nSPS) is 15.4. The van der Waals surface area contributed by atoms with Crippen molar-refractivity contribution in [3.8, 4) is 11.5 Å². The second kappa shape index (κ2) is 7.60. The van der Waals surface area contributed by atoms with Crippen molar-refractivity contribution in [2.45, 2.75) is 12.5 Å². The predicted octanol–water partition coefficient (Wildman–Crippen LogP) is 3.56. The van der Waals surface area contributed by atoms with Crippen LogP contribution < -0.4 is 14.8 Å². The third-order valence-corrected chi connectivity index (χ3v) is 4.73. The van der Waals surface area contributed by atoms with Gasteiger partial charge in [-0.3, -0.25) is 4.79 Å². The number of nitrogens with one attached hydrogen (secondary N) is 1. The van der Waals surface area contributed by atoms with E-state index in [4.69, 9.17) is 9.47 Å². The number of para-hydroxylation sites is 1. The molecule has 0 bridgehead atoms. The molecule has 0 saturated carbocycles. The lowest BCUT2D eigenvalue weighted by Gasteiger charge is -2.26. The molecule has 1 unspecified atom stereocenters. The summed E-state index contributed by atoms with van der Waals surface area (Å²) in [6, 6.07) is 18.0. The van der Waals surface area contributed by atoms with Crippen molar-refractivity contribution in [3.05, 3.63) is 71.8 Å². The minimum Gasteiger partial charge on any atom is -0.493 e. The third-order valence-electron chi connectivity index (χ3n) is 4.73. The van der Waals surface area contributed by atoms with Gasteiger partial charge in [0.1, 0.15) is 17.1 Å². The van der Waals surface area contributed by atoms with Crippen LogP contribution in [0.3, 0.4) is 0 Å². The summed E-state index contributed by atoms with van der Waals surface area (Å²) in [5.74, 6) is -0.470. The first kappa shape index (κ1) is 17.9. The second-order valence-electron chi connectivity index (χ2n) is 6.58. The lowest BCUT2D eigenvalue weighted by molar-refractivity contribution is -0.124. The fraction of sp³-hybridized carbons (Fsp3) is 0.182. The number of amides is 1. The van der Waals surface area contributed by atoms with Crippen LogP contribution in [-0.4, -0.2) is 30.2 Å². The molecule has 3 aromatic rings. The van der Waals surface area contributed by atoms with E-state index in [1.807, 2.05) is 48.5 Å². The first-order valence-electron chi connectivity index (χ1n) is 9.02. The highest BCUT2D eigenvalue weighted by molar-refractivity contribution is 5.97. The van der Waals surface area contributed by atoms with E-state index in [0.29, 0.717) is 13.0 Å². The van der Waals surface area contributed by atoms with Gasteiger partial charge in [0.25, 0.3) is 5.91 Å². The maximum atomic E-state index is 12.4. The quantitative estimate of drug-likeness (QED) is 0.710. The van der Waals surface area contributed by atoms with Crippen LogP contribution in [0.15, 0.2) is 60.7 Å². The highest BCUT2D eigenvalue weighted by Crippen LogP contribution is 2.31. The molecule has 6 nitrogen and oxygen atoms in total. The van der Waals surface area contributed by atoms with Gasteiger partial charge in [-0.05, 0) is 29.0 Å². The van der Waals surface area contributed by atoms with Crippen LogP contribution >= 0.6 is 0 Å². The fourth-order valence-electron chi connectivity index (χ4n) is 3.38. The van der Waals surface area contributed by atoms with Gasteiger partial charge in [0, 0.05) is 12.0 Å². The van der Waals surface area contributed by atoms with Gasteiger partial charge in [0.05, 0.1) is 12.6 Å². The highest BCUT2D eigenvalue weighted by Gasteiger charge is 2.23. The Morgan fingerprint density at radius 1 is 1.07 bits per heavy atom. The number of aromatic carboxylic acids is 1. The van der Waals surface area contributed by atoms with Gasteiger partial charge in [-0.2, -0.15) is 0 Å². The number of carboxylic acid groups (broad SMARTS) is 1. The van der Waals surface area contributed by atoms with E-state index >= 15 is 0 Å². The molecule has 1 aliphatic rings. The van der Waals surface area contributed by atoms with Gasteiger partial charge in [0.15, 0.2) is 6.61 Å². The average Bonchev–Trinajstić information content (AvgIpc) is 2.71. The monoisotopic (exact) mass is 377 g/mol. The number of hydrogen-bond acceptors (Lipinski definition) is 4. The summed E-state index contributed by atoms with van der Waals surface area (Å²) in [6.07, 6.45) is 0.666. The van der Waals surface area contributed by atoms with Crippen LogP contribution in [0.1, 0.15) is 28.4 Å². The van der Waals surface area contributed by atoms with Gasteiger partial charge in [-0.25, -0.2) is 4.79 Å². The Bertz CT molecular complexity index is 1050. The van der Waals surface area contributed by atoms with E-state index in [2.05, 4.69) is 5.32 Å². The van der Waals surface area contributed by atoms with E-state index in [9.17, 15) is 14.7 Å². The molecule has 2 N–H and O–H groups in total. The Kier molecular flexibility index (Phi) is 4.85. The van der Waals surface area contributed by atoms with Crippen LogP contribution in [-0.2, 0) is 4.79 Å². The first-order valence-corrected chi connectivity index (χ1v) is 9.02. The van der Waals surface area contributed by atoms with E-state index < -0.39 is 5.97 Å². The molecule has 0 aromatic heterocycles. The number of benzene rings is 3. The lowest BCUT2D eigenvalue weighted by atomic mass is 10.0. The molecular formula is C22H19NO5. The first-order chi connectivity index (χ1) is 13.6. The molecule has 3 aromatic carbocycles. The van der Waals surface area contributed by atoms with E-state index in [0.717, 1.165) is 22.1 Å². The third kappa shape index (κ3) is 3.62. The highest BCUT2D eigenvalue weighted by atomic mass is 16.5. The van der Waals surface area contributed by atoms with Crippen molar-refractivity contribution in [2.24, 2.45) is 0 Å². The number of carbonyl (C=O) groups is 2. The molecule has 0 saturated heterocycles. The predicted molar refractivity (Wildman–Crippen MR) is 104 cm³/mol. The molecule has 1 aliphatic heterocycles. The molecule has 6 heteroatoms. The number of hydrogen-bond donors (Lipinski definition) is 2. The Balaban J connectivity index is 1.48. The molecule has 0 fully saturated rings. The minimum absolute atomic E-state index is 0.0305. The summed E-state index contributed by atoms with van der Waals surface area (Å²) in [4.78, 5) is 24.0. The van der Waals surface area contributed by atoms with Crippen molar-refractivity contribution in [1.82, 2.24) is 5.32 Å². The number of carbonyl (C=O) groups excluding carboxylic acids is 1. The lowest BCUT2D eigenvalue weighted by Crippen LogP contribution is -2.35. The minimum atomic E-state index is -1.10. The molecule has 4 rings (SSSR count). The van der Waals surface area contributed by atoms with Crippen molar-refractivity contribution in [1.29, 1.82) is 0 Å². The van der Waals surface area contributed by atoms with Gasteiger partial charge in [-0.1, -0.05) is 42.5 Å². The molecular weight excluding hydrogens is 358 g/mol. The van der Waals surface area contributed by atoms with E-state index in [1.54, 1.807) is 12.1 Å². The topological polar surface area (TPSA) is 84.9 Å².